The van der Waals surface area contributed by atoms with Crippen LogP contribution in [0.15, 0.2) is 18.2 Å². The van der Waals surface area contributed by atoms with E-state index in [0.717, 1.165) is 6.07 Å². The average molecular weight is 328 g/mol. The van der Waals surface area contributed by atoms with Gasteiger partial charge in [0.1, 0.15) is 0 Å². The summed E-state index contributed by atoms with van der Waals surface area (Å²) in [5.74, 6) is -1.90. The maximum atomic E-state index is 13.8. The number of amides is 2. The second-order valence-corrected chi connectivity index (χ2v) is 5.82. The number of aliphatic hydroxyl groups excluding tert-OH is 1. The summed E-state index contributed by atoms with van der Waals surface area (Å²) in [5, 5.41) is 12.2. The van der Waals surface area contributed by atoms with Crippen LogP contribution in [-0.4, -0.2) is 47.9 Å². The average Bonchev–Trinajstić information content (AvgIpc) is 2.49. The van der Waals surface area contributed by atoms with Crippen molar-refractivity contribution in [3.05, 3.63) is 35.4 Å². The molecule has 5 nitrogen and oxygen atoms in total. The molecular formula is C16H22F2N2O3. The largest absolute Gasteiger partial charge is 0.393 e. The number of halogens is 2. The van der Waals surface area contributed by atoms with E-state index in [-0.39, 0.29) is 17.6 Å². The minimum Gasteiger partial charge on any atom is -0.393 e. The standard InChI is InChI=1S/C16H22F2N2O3/c1-10(21)8-12-9-23-7-6-20(12)16(22)19-11(2)13-4-3-5-14(17)15(13)18/h3-5,10-12,21H,6-9H2,1-2H3,(H,19,22)/t10-,11+,12-/m0/s1. The van der Waals surface area contributed by atoms with Gasteiger partial charge in [-0.3, -0.25) is 0 Å². The molecule has 0 bridgehead atoms. The molecule has 1 aromatic rings. The molecule has 3 atom stereocenters. The van der Waals surface area contributed by atoms with Crippen LogP contribution in [0.4, 0.5) is 13.6 Å². The van der Waals surface area contributed by atoms with Crippen LogP contribution < -0.4 is 5.32 Å². The lowest BCUT2D eigenvalue weighted by Crippen LogP contribution is -2.53. The first-order valence-corrected chi connectivity index (χ1v) is 7.67. The fourth-order valence-corrected chi connectivity index (χ4v) is 2.71. The summed E-state index contributed by atoms with van der Waals surface area (Å²) >= 11 is 0. The molecule has 1 aromatic carbocycles. The van der Waals surface area contributed by atoms with Gasteiger partial charge >= 0.3 is 6.03 Å². The zero-order valence-corrected chi connectivity index (χ0v) is 13.3. The third-order valence-corrected chi connectivity index (χ3v) is 3.89. The highest BCUT2D eigenvalue weighted by Crippen LogP contribution is 2.20. The minimum absolute atomic E-state index is 0.0960. The third-order valence-electron chi connectivity index (χ3n) is 3.89. The molecule has 7 heteroatoms. The molecule has 2 N–H and O–H groups in total. The van der Waals surface area contributed by atoms with Crippen LogP contribution in [0.3, 0.4) is 0 Å². The van der Waals surface area contributed by atoms with Crippen LogP contribution in [0.5, 0.6) is 0 Å². The van der Waals surface area contributed by atoms with Crippen LogP contribution in [0.1, 0.15) is 31.9 Å². The first kappa shape index (κ1) is 17.6. The lowest BCUT2D eigenvalue weighted by Gasteiger charge is -2.37. The smallest absolute Gasteiger partial charge is 0.318 e. The molecule has 1 aliphatic heterocycles. The lowest BCUT2D eigenvalue weighted by molar-refractivity contribution is -0.00475. The Hall–Kier alpha value is -1.73. The summed E-state index contributed by atoms with van der Waals surface area (Å²) in [6.07, 6.45) is -0.161. The van der Waals surface area contributed by atoms with Crippen molar-refractivity contribution >= 4 is 6.03 Å². The summed E-state index contributed by atoms with van der Waals surface area (Å²) in [6.45, 7) is 4.39. The highest BCUT2D eigenvalue weighted by atomic mass is 19.2. The van der Waals surface area contributed by atoms with Crippen molar-refractivity contribution in [2.24, 2.45) is 0 Å². The highest BCUT2D eigenvalue weighted by molar-refractivity contribution is 5.75. The van der Waals surface area contributed by atoms with Gasteiger partial charge in [0, 0.05) is 12.1 Å². The topological polar surface area (TPSA) is 61.8 Å². The van der Waals surface area contributed by atoms with Gasteiger partial charge in [0.05, 0.1) is 31.4 Å². The Balaban J connectivity index is 2.05. The molecule has 0 aliphatic carbocycles. The van der Waals surface area contributed by atoms with Gasteiger partial charge in [0.15, 0.2) is 11.6 Å². The summed E-state index contributed by atoms with van der Waals surface area (Å²) in [5.41, 5.74) is 0.0960. The van der Waals surface area contributed by atoms with E-state index in [4.69, 9.17) is 4.74 Å². The van der Waals surface area contributed by atoms with E-state index in [0.29, 0.717) is 26.2 Å². The molecule has 23 heavy (non-hydrogen) atoms. The van der Waals surface area contributed by atoms with Crippen LogP contribution in [0.25, 0.3) is 0 Å². The van der Waals surface area contributed by atoms with Crippen LogP contribution in [0.2, 0.25) is 0 Å². The van der Waals surface area contributed by atoms with Gasteiger partial charge in [0.2, 0.25) is 0 Å². The Morgan fingerprint density at radius 1 is 1.48 bits per heavy atom. The number of benzene rings is 1. The highest BCUT2D eigenvalue weighted by Gasteiger charge is 2.29. The first-order valence-electron chi connectivity index (χ1n) is 7.67. The predicted octanol–water partition coefficient (Wildman–Crippen LogP) is 2.21. The van der Waals surface area contributed by atoms with Gasteiger partial charge in [-0.15, -0.1) is 0 Å². The molecule has 0 aromatic heterocycles. The SMILES string of the molecule is C[C@H](O)C[C@H]1COCCN1C(=O)N[C@H](C)c1cccc(F)c1F. The number of rotatable bonds is 4. The molecule has 2 rings (SSSR count). The van der Waals surface area contributed by atoms with E-state index < -0.39 is 23.8 Å². The molecule has 128 valence electrons. The Kier molecular flexibility index (Phi) is 5.90. The van der Waals surface area contributed by atoms with E-state index in [1.807, 2.05) is 0 Å². The van der Waals surface area contributed by atoms with E-state index in [2.05, 4.69) is 5.32 Å². The second-order valence-electron chi connectivity index (χ2n) is 5.82. The van der Waals surface area contributed by atoms with Gasteiger partial charge in [-0.1, -0.05) is 12.1 Å². The molecule has 0 unspecified atom stereocenters. The van der Waals surface area contributed by atoms with Crippen LogP contribution in [-0.2, 0) is 4.74 Å². The quantitative estimate of drug-likeness (QED) is 0.891. The zero-order valence-electron chi connectivity index (χ0n) is 13.3. The summed E-state index contributed by atoms with van der Waals surface area (Å²) in [4.78, 5) is 14.0. The fraction of sp³-hybridized carbons (Fsp3) is 0.562. The normalized spacial score (nSPS) is 20.9. The maximum Gasteiger partial charge on any atom is 0.318 e. The summed E-state index contributed by atoms with van der Waals surface area (Å²) < 4.78 is 32.4. The van der Waals surface area contributed by atoms with Gasteiger partial charge in [-0.2, -0.15) is 0 Å². The Morgan fingerprint density at radius 3 is 2.91 bits per heavy atom. The Bertz CT molecular complexity index is 554. The number of carbonyl (C=O) groups is 1. The molecule has 0 spiro atoms. The number of ether oxygens (including phenoxy) is 1. The minimum atomic E-state index is -0.956. The van der Waals surface area contributed by atoms with Crippen LogP contribution in [0, 0.1) is 11.6 Å². The number of carbonyl (C=O) groups excluding carboxylic acids is 1. The van der Waals surface area contributed by atoms with Gasteiger partial charge < -0.3 is 20.1 Å². The number of nitrogens with zero attached hydrogens (tertiary/aromatic N) is 1. The zero-order chi connectivity index (χ0) is 17.0. The monoisotopic (exact) mass is 328 g/mol. The summed E-state index contributed by atoms with van der Waals surface area (Å²) in [7, 11) is 0. The molecule has 1 heterocycles. The van der Waals surface area contributed by atoms with Gasteiger partial charge in [-0.05, 0) is 26.3 Å². The van der Waals surface area contributed by atoms with Crippen molar-refractivity contribution in [3.63, 3.8) is 0 Å². The molecule has 1 aliphatic rings. The molecule has 0 radical (unpaired) electrons. The Morgan fingerprint density at radius 2 is 2.22 bits per heavy atom. The van der Waals surface area contributed by atoms with Crippen LogP contribution >= 0.6 is 0 Å². The number of morpholine rings is 1. The maximum absolute atomic E-state index is 13.8. The summed E-state index contributed by atoms with van der Waals surface area (Å²) in [6, 6.07) is 2.59. The van der Waals surface area contributed by atoms with E-state index in [1.165, 1.54) is 12.1 Å². The predicted molar refractivity (Wildman–Crippen MR) is 80.9 cm³/mol. The van der Waals surface area contributed by atoms with Crippen molar-refractivity contribution in [1.82, 2.24) is 10.2 Å². The van der Waals surface area contributed by atoms with Crippen molar-refractivity contribution in [2.75, 3.05) is 19.8 Å². The first-order chi connectivity index (χ1) is 10.9. The lowest BCUT2D eigenvalue weighted by atomic mass is 10.1. The van der Waals surface area contributed by atoms with Gasteiger partial charge in [-0.25, -0.2) is 13.6 Å². The molecule has 1 fully saturated rings. The molecule has 0 saturated carbocycles. The number of hydrogen-bond donors (Lipinski definition) is 2. The number of aliphatic hydroxyl groups is 1. The third kappa shape index (κ3) is 4.39. The Labute approximate surface area is 134 Å². The van der Waals surface area contributed by atoms with E-state index in [1.54, 1.807) is 18.7 Å². The van der Waals surface area contributed by atoms with Crippen molar-refractivity contribution < 1.29 is 23.4 Å². The number of nitrogens with one attached hydrogen (secondary N) is 1. The molecule has 1 saturated heterocycles. The van der Waals surface area contributed by atoms with Crippen molar-refractivity contribution in [1.29, 1.82) is 0 Å². The molecule has 2 amide bonds. The van der Waals surface area contributed by atoms with Crippen molar-refractivity contribution in [3.8, 4) is 0 Å². The fourth-order valence-electron chi connectivity index (χ4n) is 2.71. The number of hydrogen-bond acceptors (Lipinski definition) is 3. The second kappa shape index (κ2) is 7.70. The van der Waals surface area contributed by atoms with E-state index >= 15 is 0 Å². The number of urea groups is 1. The van der Waals surface area contributed by atoms with Gasteiger partial charge in [0.25, 0.3) is 0 Å². The molecular weight excluding hydrogens is 306 g/mol. The van der Waals surface area contributed by atoms with Crippen molar-refractivity contribution in [2.45, 2.75) is 38.5 Å². The van der Waals surface area contributed by atoms with E-state index in [9.17, 15) is 18.7 Å².